The predicted molar refractivity (Wildman–Crippen MR) is 124 cm³/mol. The van der Waals surface area contributed by atoms with E-state index in [0.717, 1.165) is 32.0 Å². The summed E-state index contributed by atoms with van der Waals surface area (Å²) in [6, 6.07) is 4.24. The van der Waals surface area contributed by atoms with E-state index < -0.39 is 11.7 Å². The average Bonchev–Trinajstić information content (AvgIpc) is 3.27. The van der Waals surface area contributed by atoms with Gasteiger partial charge in [-0.1, -0.05) is 18.2 Å². The average molecular weight is 472 g/mol. The van der Waals surface area contributed by atoms with Crippen molar-refractivity contribution in [2.45, 2.75) is 18.9 Å². The number of likely N-dealkylation sites (tertiary alicyclic amines) is 1. The largest absolute Gasteiger partial charge is 0.434 e. The lowest BCUT2D eigenvalue weighted by atomic mass is 10.1. The summed E-state index contributed by atoms with van der Waals surface area (Å²) >= 11 is 6.16. The van der Waals surface area contributed by atoms with Crippen molar-refractivity contribution < 1.29 is 13.9 Å². The van der Waals surface area contributed by atoms with Crippen LogP contribution in [0.4, 0.5) is 21.7 Å². The molecule has 4 rings (SSSR count). The molecule has 1 aromatic carbocycles. The Balaban J connectivity index is 1.48. The number of rotatable bonds is 7. The first-order chi connectivity index (χ1) is 15.9. The van der Waals surface area contributed by atoms with Crippen LogP contribution in [0.5, 0.6) is 11.6 Å². The molecule has 1 amide bonds. The second kappa shape index (κ2) is 9.97. The minimum atomic E-state index is -0.643. The highest BCUT2D eigenvalue weighted by Crippen LogP contribution is 2.32. The molecule has 172 valence electrons. The Bertz CT molecular complexity index is 1160. The van der Waals surface area contributed by atoms with Crippen LogP contribution in [-0.2, 0) is 4.79 Å². The van der Waals surface area contributed by atoms with Gasteiger partial charge < -0.3 is 20.3 Å². The van der Waals surface area contributed by atoms with Crippen LogP contribution in [0.25, 0.3) is 0 Å². The molecule has 2 N–H and O–H groups in total. The molecule has 0 unspecified atom stereocenters. The molecule has 0 atom stereocenters. The van der Waals surface area contributed by atoms with Crippen LogP contribution in [-0.4, -0.2) is 50.7 Å². The summed E-state index contributed by atoms with van der Waals surface area (Å²) in [5.41, 5.74) is 1.05. The number of amides is 1. The Morgan fingerprint density at radius 1 is 1.30 bits per heavy atom. The number of carbonyl (C=O) groups excluding carboxylic acids is 1. The van der Waals surface area contributed by atoms with Gasteiger partial charge in [-0.25, -0.2) is 9.37 Å². The molecule has 1 saturated heterocycles. The van der Waals surface area contributed by atoms with Crippen LogP contribution in [0.3, 0.4) is 0 Å². The van der Waals surface area contributed by atoms with E-state index in [4.69, 9.17) is 16.3 Å². The number of nitrogens with one attached hydrogen (secondary N) is 2. The molecule has 1 fully saturated rings. The van der Waals surface area contributed by atoms with E-state index in [9.17, 15) is 9.18 Å². The van der Waals surface area contributed by atoms with Crippen LogP contribution in [0.15, 0.2) is 49.4 Å². The summed E-state index contributed by atoms with van der Waals surface area (Å²) in [7, 11) is 2.11. The van der Waals surface area contributed by atoms with Crippen molar-refractivity contribution in [2.24, 2.45) is 0 Å². The van der Waals surface area contributed by atoms with Crippen molar-refractivity contribution in [2.75, 3.05) is 30.8 Å². The molecular formula is C22H23ClFN7O2. The topological polar surface area (TPSA) is 97.2 Å². The van der Waals surface area contributed by atoms with Crippen molar-refractivity contribution in [1.82, 2.24) is 24.6 Å². The summed E-state index contributed by atoms with van der Waals surface area (Å²) in [6.07, 6.45) is 8.13. The zero-order valence-electron chi connectivity index (χ0n) is 18.0. The van der Waals surface area contributed by atoms with Crippen LogP contribution >= 0.6 is 11.6 Å². The fraction of sp³-hybridized carbons (Fsp3) is 0.273. The number of carbonyl (C=O) groups is 1. The van der Waals surface area contributed by atoms with Gasteiger partial charge in [-0.05, 0) is 51.2 Å². The maximum Gasteiger partial charge on any atom is 0.247 e. The molecule has 0 saturated carbocycles. The Kier molecular flexibility index (Phi) is 6.85. The molecule has 1 aliphatic heterocycles. The molecule has 0 bridgehead atoms. The second-order valence-electron chi connectivity index (χ2n) is 7.66. The van der Waals surface area contributed by atoms with Gasteiger partial charge in [0.2, 0.25) is 17.7 Å². The van der Waals surface area contributed by atoms with Gasteiger partial charge in [-0.2, -0.15) is 10.1 Å². The SMILES string of the molecule is C=CC(=O)Nc1ccc(F)c(Oc2nc(Nc3cnn(C4CCN(C)CC4)c3)ncc2Cl)c1. The first kappa shape index (κ1) is 22.7. The molecule has 0 radical (unpaired) electrons. The van der Waals surface area contributed by atoms with Crippen molar-refractivity contribution in [1.29, 1.82) is 0 Å². The highest BCUT2D eigenvalue weighted by molar-refractivity contribution is 6.31. The fourth-order valence-corrected chi connectivity index (χ4v) is 3.56. The second-order valence-corrected chi connectivity index (χ2v) is 8.06. The molecule has 9 nitrogen and oxygen atoms in total. The Labute approximate surface area is 195 Å². The standard InChI is InChI=1S/C22H23ClFN7O2/c1-3-20(32)27-14-4-5-18(24)19(10-14)33-21-17(23)12-25-22(29-21)28-15-11-26-31(13-15)16-6-8-30(2)9-7-16/h3-5,10-13,16H,1,6-9H2,2H3,(H,27,32)(H,25,28,29). The Morgan fingerprint density at radius 2 is 2.09 bits per heavy atom. The van der Waals surface area contributed by atoms with Gasteiger partial charge in [0.05, 0.1) is 24.1 Å². The third kappa shape index (κ3) is 5.65. The minimum absolute atomic E-state index is 0.0389. The van der Waals surface area contributed by atoms with Crippen molar-refractivity contribution in [3.63, 3.8) is 0 Å². The zero-order valence-corrected chi connectivity index (χ0v) is 18.7. The third-order valence-corrected chi connectivity index (χ3v) is 5.48. The number of aromatic nitrogens is 4. The Hall–Kier alpha value is -3.50. The fourth-order valence-electron chi connectivity index (χ4n) is 3.43. The van der Waals surface area contributed by atoms with Gasteiger partial charge in [-0.3, -0.25) is 9.48 Å². The van der Waals surface area contributed by atoms with E-state index in [1.165, 1.54) is 24.4 Å². The van der Waals surface area contributed by atoms with Gasteiger partial charge in [0.25, 0.3) is 0 Å². The lowest BCUT2D eigenvalue weighted by Crippen LogP contribution is -2.31. The molecule has 11 heteroatoms. The number of benzene rings is 1. The third-order valence-electron chi connectivity index (χ3n) is 5.22. The van der Waals surface area contributed by atoms with Gasteiger partial charge in [0.15, 0.2) is 11.6 Å². The summed E-state index contributed by atoms with van der Waals surface area (Å²) in [5, 5.41) is 10.2. The zero-order chi connectivity index (χ0) is 23.4. The van der Waals surface area contributed by atoms with E-state index in [2.05, 4.69) is 44.2 Å². The van der Waals surface area contributed by atoms with E-state index in [0.29, 0.717) is 17.4 Å². The maximum absolute atomic E-state index is 14.3. The summed E-state index contributed by atoms with van der Waals surface area (Å²) < 4.78 is 21.8. The minimum Gasteiger partial charge on any atom is -0.434 e. The first-order valence-electron chi connectivity index (χ1n) is 10.3. The number of piperidine rings is 1. The number of anilines is 3. The molecule has 2 aromatic heterocycles. The van der Waals surface area contributed by atoms with E-state index in [1.54, 1.807) is 6.20 Å². The lowest BCUT2D eigenvalue weighted by molar-refractivity contribution is -0.111. The van der Waals surface area contributed by atoms with Crippen LogP contribution in [0.1, 0.15) is 18.9 Å². The van der Waals surface area contributed by atoms with Crippen LogP contribution in [0, 0.1) is 5.82 Å². The molecule has 3 aromatic rings. The Morgan fingerprint density at radius 3 is 2.85 bits per heavy atom. The van der Waals surface area contributed by atoms with Crippen molar-refractivity contribution >= 4 is 34.8 Å². The number of ether oxygens (including phenoxy) is 1. The summed E-state index contributed by atoms with van der Waals surface area (Å²) in [6.45, 7) is 5.45. The smallest absolute Gasteiger partial charge is 0.247 e. The number of halogens is 2. The van der Waals surface area contributed by atoms with E-state index in [-0.39, 0.29) is 22.6 Å². The predicted octanol–water partition coefficient (Wildman–Crippen LogP) is 4.39. The first-order valence-corrected chi connectivity index (χ1v) is 10.7. The van der Waals surface area contributed by atoms with E-state index >= 15 is 0 Å². The molecule has 1 aliphatic rings. The molecule has 0 aliphatic carbocycles. The van der Waals surface area contributed by atoms with Crippen LogP contribution in [0.2, 0.25) is 5.02 Å². The normalized spacial score (nSPS) is 14.6. The highest BCUT2D eigenvalue weighted by atomic mass is 35.5. The van der Waals surface area contributed by atoms with Gasteiger partial charge >= 0.3 is 0 Å². The summed E-state index contributed by atoms with van der Waals surface area (Å²) in [4.78, 5) is 22.2. The number of hydrogen-bond acceptors (Lipinski definition) is 7. The molecule has 3 heterocycles. The number of nitrogens with zero attached hydrogens (tertiary/aromatic N) is 5. The van der Waals surface area contributed by atoms with Crippen LogP contribution < -0.4 is 15.4 Å². The van der Waals surface area contributed by atoms with Gasteiger partial charge in [0.1, 0.15) is 5.02 Å². The molecular weight excluding hydrogens is 449 g/mol. The lowest BCUT2D eigenvalue weighted by Gasteiger charge is -2.28. The maximum atomic E-state index is 14.3. The molecule has 33 heavy (non-hydrogen) atoms. The number of hydrogen-bond donors (Lipinski definition) is 2. The summed E-state index contributed by atoms with van der Waals surface area (Å²) in [5.74, 6) is -1.05. The van der Waals surface area contributed by atoms with E-state index in [1.807, 2.05) is 10.9 Å². The highest BCUT2D eigenvalue weighted by Gasteiger charge is 2.19. The monoisotopic (exact) mass is 471 g/mol. The van der Waals surface area contributed by atoms with Crippen molar-refractivity contribution in [3.05, 3.63) is 60.3 Å². The molecule has 0 spiro atoms. The van der Waals surface area contributed by atoms with Crippen molar-refractivity contribution in [3.8, 4) is 11.6 Å². The quantitative estimate of drug-likeness (QED) is 0.493. The van der Waals surface area contributed by atoms with Gasteiger partial charge in [-0.15, -0.1) is 0 Å². The van der Waals surface area contributed by atoms with Gasteiger partial charge in [0, 0.05) is 18.0 Å².